The normalized spacial score (nSPS) is 15.2. The third kappa shape index (κ3) is 11.6. The lowest BCUT2D eigenvalue weighted by molar-refractivity contribution is -0.133. The number of hydrazine groups is 1. The Kier molecular flexibility index (Phi) is 14.5. The standard InChI is InChI=1S/C48H61N9O6/c1-47(2,3)41(52-45(61)63-8)43(59)53-56(29-33-21-23-34(24-22-33)35-18-14-15-25-49-35)30-39(58)37(28-32-16-10-9-11-17-32)51-44(60)42(48(4,5)6)57-27-26-55(46(57)62)31-40-50-36-19-12-13-20-38(36)54(40)7/h9-25,37,39,41-42,58H,26-31H2,1-8H3,(H,51,60)(H,52,61)(H,53,59)/t37-,39-,41+,42+/m0/s1. The van der Waals surface area contributed by atoms with Crippen LogP contribution in [0.5, 0.6) is 0 Å². The Morgan fingerprint density at radius 1 is 0.825 bits per heavy atom. The highest BCUT2D eigenvalue weighted by Crippen LogP contribution is 2.30. The van der Waals surface area contributed by atoms with E-state index in [0.717, 1.165) is 39.2 Å². The predicted octanol–water partition coefficient (Wildman–Crippen LogP) is 5.68. The van der Waals surface area contributed by atoms with Gasteiger partial charge in [-0.25, -0.2) is 19.6 Å². The van der Waals surface area contributed by atoms with E-state index in [1.54, 1.807) is 21.0 Å². The van der Waals surface area contributed by atoms with Crippen molar-refractivity contribution in [1.82, 2.24) is 45.4 Å². The molecule has 3 aromatic carbocycles. The molecule has 63 heavy (non-hydrogen) atoms. The van der Waals surface area contributed by atoms with Gasteiger partial charge in [0.2, 0.25) is 5.91 Å². The van der Waals surface area contributed by atoms with Crippen LogP contribution in [0, 0.1) is 10.8 Å². The summed E-state index contributed by atoms with van der Waals surface area (Å²) in [5, 5.41) is 19.6. The molecule has 1 aliphatic heterocycles. The minimum Gasteiger partial charge on any atom is -0.453 e. The minimum atomic E-state index is -1.23. The highest BCUT2D eigenvalue weighted by Gasteiger charge is 2.45. The van der Waals surface area contributed by atoms with Crippen LogP contribution in [0.15, 0.2) is 103 Å². The number of benzene rings is 3. The summed E-state index contributed by atoms with van der Waals surface area (Å²) in [6, 6.07) is 27.7. The lowest BCUT2D eigenvalue weighted by atomic mass is 9.84. The molecule has 1 saturated heterocycles. The number of carbonyl (C=O) groups excluding carboxylic acids is 4. The largest absolute Gasteiger partial charge is 0.453 e. The van der Waals surface area contributed by atoms with E-state index in [4.69, 9.17) is 9.72 Å². The number of urea groups is 1. The molecule has 15 nitrogen and oxygen atoms in total. The number of aliphatic hydroxyl groups excluding tert-OH is 1. The molecule has 4 N–H and O–H groups in total. The number of fused-ring (bicyclic) bond motifs is 1. The third-order valence-electron chi connectivity index (χ3n) is 11.3. The first-order valence-electron chi connectivity index (χ1n) is 21.3. The number of aryl methyl sites for hydroxylation is 1. The number of aromatic nitrogens is 3. The van der Waals surface area contributed by atoms with Crippen LogP contribution in [-0.2, 0) is 40.9 Å². The fraction of sp³-hybridized carbons (Fsp3) is 0.417. The number of ether oxygens (including phenoxy) is 1. The molecule has 0 unspecified atom stereocenters. The molecule has 0 spiro atoms. The van der Waals surface area contributed by atoms with E-state index in [-0.39, 0.29) is 32.1 Å². The van der Waals surface area contributed by atoms with Crippen molar-refractivity contribution >= 4 is 35.0 Å². The molecule has 15 heteroatoms. The number of para-hydroxylation sites is 2. The van der Waals surface area contributed by atoms with Gasteiger partial charge in [0.15, 0.2) is 0 Å². The summed E-state index contributed by atoms with van der Waals surface area (Å²) in [5.41, 5.74) is 6.78. The maximum Gasteiger partial charge on any atom is 0.407 e. The summed E-state index contributed by atoms with van der Waals surface area (Å²) in [4.78, 5) is 67.9. The number of hydrogen-bond acceptors (Lipinski definition) is 9. The molecule has 2 aromatic heterocycles. The molecular formula is C48H61N9O6. The van der Waals surface area contributed by atoms with Crippen molar-refractivity contribution in [1.29, 1.82) is 0 Å². The fourth-order valence-electron chi connectivity index (χ4n) is 8.02. The second-order valence-corrected chi connectivity index (χ2v) is 18.3. The molecule has 5 amide bonds. The third-order valence-corrected chi connectivity index (χ3v) is 11.3. The number of methoxy groups -OCH3 is 1. The van der Waals surface area contributed by atoms with Crippen molar-refractivity contribution in [2.24, 2.45) is 17.9 Å². The fourth-order valence-corrected chi connectivity index (χ4v) is 8.02. The number of nitrogens with zero attached hydrogens (tertiary/aromatic N) is 6. The van der Waals surface area contributed by atoms with Crippen LogP contribution >= 0.6 is 0 Å². The Labute approximate surface area is 369 Å². The first-order valence-corrected chi connectivity index (χ1v) is 21.3. The summed E-state index contributed by atoms with van der Waals surface area (Å²) >= 11 is 0. The molecule has 334 valence electrons. The highest BCUT2D eigenvalue weighted by atomic mass is 16.5. The Morgan fingerprint density at radius 3 is 2.14 bits per heavy atom. The topological polar surface area (TPSA) is 174 Å². The maximum atomic E-state index is 14.7. The van der Waals surface area contributed by atoms with Gasteiger partial charge in [0.05, 0.1) is 42.5 Å². The number of aliphatic hydroxyl groups is 1. The van der Waals surface area contributed by atoms with E-state index in [1.165, 1.54) is 7.11 Å². The van der Waals surface area contributed by atoms with E-state index in [1.807, 2.05) is 150 Å². The Bertz CT molecular complexity index is 2340. The van der Waals surface area contributed by atoms with Crippen molar-refractivity contribution in [3.63, 3.8) is 0 Å². The number of alkyl carbamates (subject to hydrolysis) is 1. The van der Waals surface area contributed by atoms with Crippen LogP contribution < -0.4 is 16.1 Å². The lowest BCUT2D eigenvalue weighted by Crippen LogP contribution is -2.61. The quantitative estimate of drug-likeness (QED) is 0.0911. The molecular weight excluding hydrogens is 799 g/mol. The maximum absolute atomic E-state index is 14.7. The van der Waals surface area contributed by atoms with Crippen LogP contribution in [0.4, 0.5) is 9.59 Å². The summed E-state index contributed by atoms with van der Waals surface area (Å²) in [6.45, 7) is 12.3. The molecule has 3 heterocycles. The average Bonchev–Trinajstić information content (AvgIpc) is 3.76. The highest BCUT2D eigenvalue weighted by molar-refractivity contribution is 5.89. The van der Waals surface area contributed by atoms with Crippen molar-refractivity contribution < 1.29 is 29.0 Å². The summed E-state index contributed by atoms with van der Waals surface area (Å²) in [7, 11) is 3.16. The van der Waals surface area contributed by atoms with Gasteiger partial charge in [-0.15, -0.1) is 0 Å². The second-order valence-electron chi connectivity index (χ2n) is 18.3. The smallest absolute Gasteiger partial charge is 0.407 e. The number of carbonyl (C=O) groups is 4. The van der Waals surface area contributed by atoms with E-state index < -0.39 is 53.0 Å². The van der Waals surface area contributed by atoms with Crippen LogP contribution in [0.25, 0.3) is 22.3 Å². The van der Waals surface area contributed by atoms with E-state index in [0.29, 0.717) is 13.1 Å². The molecule has 4 atom stereocenters. The number of amides is 5. The zero-order valence-corrected chi connectivity index (χ0v) is 37.5. The molecule has 5 aromatic rings. The van der Waals surface area contributed by atoms with Crippen LogP contribution in [0.2, 0.25) is 0 Å². The van der Waals surface area contributed by atoms with Gasteiger partial charge >= 0.3 is 12.1 Å². The molecule has 1 aliphatic rings. The van der Waals surface area contributed by atoms with E-state index in [9.17, 15) is 24.3 Å². The van der Waals surface area contributed by atoms with Crippen molar-refractivity contribution in [2.75, 3.05) is 26.7 Å². The molecule has 0 saturated carbocycles. The van der Waals surface area contributed by atoms with E-state index in [2.05, 4.69) is 21.0 Å². The zero-order chi connectivity index (χ0) is 45.5. The van der Waals surface area contributed by atoms with Gasteiger partial charge < -0.3 is 34.8 Å². The average molecular weight is 860 g/mol. The number of hydrogen-bond donors (Lipinski definition) is 4. The number of nitrogens with one attached hydrogen (secondary N) is 3. The number of pyridine rings is 1. The lowest BCUT2D eigenvalue weighted by Gasteiger charge is -2.38. The molecule has 1 fully saturated rings. The summed E-state index contributed by atoms with van der Waals surface area (Å²) in [6.07, 6.45) is -0.00193. The van der Waals surface area contributed by atoms with Gasteiger partial charge in [0.1, 0.15) is 17.9 Å². The minimum absolute atomic E-state index is 0.116. The molecule has 6 rings (SSSR count). The van der Waals surface area contributed by atoms with Crippen LogP contribution in [-0.4, -0.2) is 109 Å². The summed E-state index contributed by atoms with van der Waals surface area (Å²) in [5.74, 6) is -0.182. The van der Waals surface area contributed by atoms with Crippen molar-refractivity contribution in [2.45, 2.75) is 85.3 Å². The van der Waals surface area contributed by atoms with Crippen LogP contribution in [0.1, 0.15) is 58.5 Å². The first-order chi connectivity index (χ1) is 29.9. The zero-order valence-electron chi connectivity index (χ0n) is 37.5. The molecule has 0 aliphatic carbocycles. The monoisotopic (exact) mass is 859 g/mol. The SMILES string of the molecule is COC(=O)N[C@H](C(=O)NN(Cc1ccc(-c2ccccn2)cc1)C[C@H](O)[C@H](Cc1ccccc1)NC(=O)[C@@H](N1CCN(Cc2nc3ccccc3n2C)C1=O)C(C)(C)C)C(C)(C)C. The Balaban J connectivity index is 1.25. The second kappa shape index (κ2) is 19.8. The van der Waals surface area contributed by atoms with Gasteiger partial charge in [-0.2, -0.15) is 0 Å². The first kappa shape index (κ1) is 46.2. The Hall–Kier alpha value is -6.32. The van der Waals surface area contributed by atoms with Gasteiger partial charge in [0, 0.05) is 45.0 Å². The van der Waals surface area contributed by atoms with Crippen LogP contribution in [0.3, 0.4) is 0 Å². The van der Waals surface area contributed by atoms with E-state index >= 15 is 0 Å². The van der Waals surface area contributed by atoms with Crippen molar-refractivity contribution in [3.8, 4) is 11.3 Å². The van der Waals surface area contributed by atoms with Crippen molar-refractivity contribution in [3.05, 3.63) is 120 Å². The predicted molar refractivity (Wildman–Crippen MR) is 242 cm³/mol. The summed E-state index contributed by atoms with van der Waals surface area (Å²) < 4.78 is 6.82. The number of rotatable bonds is 16. The Morgan fingerprint density at radius 2 is 1.51 bits per heavy atom. The number of imidazole rings is 1. The molecule has 0 bridgehead atoms. The van der Waals surface area contributed by atoms with Gasteiger partial charge in [-0.1, -0.05) is 114 Å². The van der Waals surface area contributed by atoms with Gasteiger partial charge in [0.25, 0.3) is 5.91 Å². The van der Waals surface area contributed by atoms with Gasteiger partial charge in [-0.3, -0.25) is 20.0 Å². The van der Waals surface area contributed by atoms with Gasteiger partial charge in [-0.05, 0) is 52.6 Å². The molecule has 0 radical (unpaired) electrons.